The average molecular weight is 328 g/mol. The molecule has 0 aliphatic carbocycles. The van der Waals surface area contributed by atoms with Gasteiger partial charge in [0.2, 0.25) is 5.91 Å². The number of amides is 1. The van der Waals surface area contributed by atoms with Crippen molar-refractivity contribution in [2.24, 2.45) is 0 Å². The maximum atomic E-state index is 12.6. The number of nitrogens with zero attached hydrogens (tertiary/aromatic N) is 2. The molecular formula is C19H24N2O3. The Bertz CT molecular complexity index is 678. The highest BCUT2D eigenvalue weighted by atomic mass is 16.5. The Morgan fingerprint density at radius 3 is 2.83 bits per heavy atom. The summed E-state index contributed by atoms with van der Waals surface area (Å²) in [6.45, 7) is 2.85. The first-order valence-electron chi connectivity index (χ1n) is 8.59. The molecule has 1 amide bonds. The fraction of sp³-hybridized carbons (Fsp3) is 0.474. The number of hydrogen-bond acceptors (Lipinski definition) is 4. The lowest BCUT2D eigenvalue weighted by Gasteiger charge is -2.22. The Morgan fingerprint density at radius 2 is 2.17 bits per heavy atom. The van der Waals surface area contributed by atoms with E-state index in [1.54, 1.807) is 7.11 Å². The summed E-state index contributed by atoms with van der Waals surface area (Å²) in [6, 6.07) is 9.91. The summed E-state index contributed by atoms with van der Waals surface area (Å²) in [7, 11) is 1.65. The van der Waals surface area contributed by atoms with Crippen LogP contribution in [0.5, 0.6) is 5.75 Å². The van der Waals surface area contributed by atoms with Crippen LogP contribution >= 0.6 is 0 Å². The molecule has 3 rings (SSSR count). The van der Waals surface area contributed by atoms with Crippen LogP contribution in [0.3, 0.4) is 0 Å². The van der Waals surface area contributed by atoms with Gasteiger partial charge in [-0.2, -0.15) is 0 Å². The van der Waals surface area contributed by atoms with Crippen molar-refractivity contribution in [3.05, 3.63) is 47.3 Å². The van der Waals surface area contributed by atoms with Crippen molar-refractivity contribution >= 4 is 5.91 Å². The van der Waals surface area contributed by atoms with E-state index < -0.39 is 0 Å². The number of carbonyl (C=O) groups excluding carboxylic acids is 1. The normalized spacial score (nSPS) is 17.2. The minimum Gasteiger partial charge on any atom is -0.497 e. The maximum Gasteiger partial charge on any atom is 0.223 e. The van der Waals surface area contributed by atoms with Gasteiger partial charge in [-0.05, 0) is 43.4 Å². The summed E-state index contributed by atoms with van der Waals surface area (Å²) in [5, 5.41) is 4.06. The average Bonchev–Trinajstić information content (AvgIpc) is 3.28. The van der Waals surface area contributed by atoms with Gasteiger partial charge in [-0.1, -0.05) is 24.2 Å². The van der Waals surface area contributed by atoms with Gasteiger partial charge in [0, 0.05) is 19.0 Å². The number of methoxy groups -OCH3 is 1. The summed E-state index contributed by atoms with van der Waals surface area (Å²) in [5.74, 6) is 1.84. The Hall–Kier alpha value is -2.30. The van der Waals surface area contributed by atoms with Crippen molar-refractivity contribution in [2.75, 3.05) is 13.7 Å². The van der Waals surface area contributed by atoms with Crippen LogP contribution in [0.2, 0.25) is 0 Å². The number of carbonyl (C=O) groups is 1. The molecule has 128 valence electrons. The first-order valence-corrected chi connectivity index (χ1v) is 8.59. The van der Waals surface area contributed by atoms with Crippen molar-refractivity contribution in [1.82, 2.24) is 10.1 Å². The smallest absolute Gasteiger partial charge is 0.223 e. The van der Waals surface area contributed by atoms with E-state index in [0.717, 1.165) is 55.0 Å². The van der Waals surface area contributed by atoms with Crippen LogP contribution in [0.25, 0.3) is 0 Å². The van der Waals surface area contributed by atoms with Gasteiger partial charge in [0.1, 0.15) is 5.75 Å². The zero-order valence-corrected chi connectivity index (χ0v) is 14.3. The van der Waals surface area contributed by atoms with E-state index in [4.69, 9.17) is 9.26 Å². The third-order valence-corrected chi connectivity index (χ3v) is 4.63. The van der Waals surface area contributed by atoms with Gasteiger partial charge < -0.3 is 14.2 Å². The molecule has 1 aromatic carbocycles. The molecule has 1 aliphatic heterocycles. The molecule has 1 aromatic heterocycles. The van der Waals surface area contributed by atoms with E-state index in [-0.39, 0.29) is 11.9 Å². The quantitative estimate of drug-likeness (QED) is 0.814. The predicted octanol–water partition coefficient (Wildman–Crippen LogP) is 3.54. The van der Waals surface area contributed by atoms with Crippen LogP contribution in [-0.2, 0) is 17.6 Å². The first-order chi connectivity index (χ1) is 11.7. The van der Waals surface area contributed by atoms with Crippen LogP contribution in [0.15, 0.2) is 34.9 Å². The highest BCUT2D eigenvalue weighted by Gasteiger charge is 2.32. The molecule has 1 aliphatic rings. The molecule has 5 heteroatoms. The highest BCUT2D eigenvalue weighted by Crippen LogP contribution is 2.33. The first kappa shape index (κ1) is 16.6. The Balaban J connectivity index is 1.60. The molecule has 24 heavy (non-hydrogen) atoms. The zero-order chi connectivity index (χ0) is 16.9. The van der Waals surface area contributed by atoms with Crippen LogP contribution in [0, 0.1) is 0 Å². The molecular weight excluding hydrogens is 304 g/mol. The number of ether oxygens (including phenoxy) is 1. The van der Waals surface area contributed by atoms with Gasteiger partial charge in [0.05, 0.1) is 18.8 Å². The summed E-state index contributed by atoms with van der Waals surface area (Å²) in [4.78, 5) is 14.6. The van der Waals surface area contributed by atoms with Gasteiger partial charge in [0.15, 0.2) is 5.76 Å². The zero-order valence-electron chi connectivity index (χ0n) is 14.3. The molecule has 1 saturated heterocycles. The number of hydrogen-bond donors (Lipinski definition) is 0. The van der Waals surface area contributed by atoms with Crippen molar-refractivity contribution in [2.45, 2.75) is 45.1 Å². The van der Waals surface area contributed by atoms with Gasteiger partial charge in [0.25, 0.3) is 0 Å². The second kappa shape index (κ2) is 7.51. The van der Waals surface area contributed by atoms with Crippen LogP contribution < -0.4 is 4.74 Å². The minimum atomic E-state index is 0.0427. The summed E-state index contributed by atoms with van der Waals surface area (Å²) < 4.78 is 10.6. The second-order valence-corrected chi connectivity index (χ2v) is 6.17. The Morgan fingerprint density at radius 1 is 1.38 bits per heavy atom. The molecule has 0 unspecified atom stereocenters. The van der Waals surface area contributed by atoms with Crippen LogP contribution in [0.1, 0.15) is 49.2 Å². The monoisotopic (exact) mass is 328 g/mol. The molecule has 0 saturated carbocycles. The second-order valence-electron chi connectivity index (χ2n) is 6.17. The maximum absolute atomic E-state index is 12.6. The number of aromatic nitrogens is 1. The molecule has 2 heterocycles. The van der Waals surface area contributed by atoms with Crippen molar-refractivity contribution in [3.8, 4) is 5.75 Å². The van der Waals surface area contributed by atoms with Gasteiger partial charge in [-0.15, -0.1) is 0 Å². The number of benzene rings is 1. The minimum absolute atomic E-state index is 0.0427. The van der Waals surface area contributed by atoms with E-state index in [0.29, 0.717) is 6.42 Å². The SMILES string of the molecule is CCc1cc([C@H]2CCCN2C(=O)CCc2ccc(OC)cc2)on1. The lowest BCUT2D eigenvalue weighted by atomic mass is 10.1. The molecule has 5 nitrogen and oxygen atoms in total. The Labute approximate surface area is 142 Å². The molecule has 2 aromatic rings. The van der Waals surface area contributed by atoms with E-state index in [9.17, 15) is 4.79 Å². The summed E-state index contributed by atoms with van der Waals surface area (Å²) in [6.07, 6.45) is 4.07. The Kier molecular flexibility index (Phi) is 5.18. The predicted molar refractivity (Wildman–Crippen MR) is 90.9 cm³/mol. The van der Waals surface area contributed by atoms with E-state index in [1.165, 1.54) is 0 Å². The molecule has 0 spiro atoms. The van der Waals surface area contributed by atoms with Gasteiger partial charge >= 0.3 is 0 Å². The largest absolute Gasteiger partial charge is 0.497 e. The van der Waals surface area contributed by atoms with Crippen molar-refractivity contribution in [3.63, 3.8) is 0 Å². The van der Waals surface area contributed by atoms with Crippen molar-refractivity contribution < 1.29 is 14.1 Å². The molecule has 0 bridgehead atoms. The topological polar surface area (TPSA) is 55.6 Å². The number of aryl methyl sites for hydroxylation is 2. The van der Waals surface area contributed by atoms with E-state index in [1.807, 2.05) is 42.2 Å². The fourth-order valence-corrected chi connectivity index (χ4v) is 3.20. The lowest BCUT2D eigenvalue weighted by Crippen LogP contribution is -2.30. The molecule has 0 N–H and O–H groups in total. The third kappa shape index (κ3) is 3.61. The molecule has 1 atom stereocenters. The number of likely N-dealkylation sites (tertiary alicyclic amines) is 1. The molecule has 0 radical (unpaired) electrons. The lowest BCUT2D eigenvalue weighted by molar-refractivity contribution is -0.132. The molecule has 1 fully saturated rings. The van der Waals surface area contributed by atoms with E-state index in [2.05, 4.69) is 5.16 Å². The van der Waals surface area contributed by atoms with Crippen molar-refractivity contribution in [1.29, 1.82) is 0 Å². The number of rotatable bonds is 6. The highest BCUT2D eigenvalue weighted by molar-refractivity contribution is 5.77. The van der Waals surface area contributed by atoms with E-state index >= 15 is 0 Å². The van der Waals surface area contributed by atoms with Crippen LogP contribution in [0.4, 0.5) is 0 Å². The van der Waals surface area contributed by atoms with Crippen LogP contribution in [-0.4, -0.2) is 29.6 Å². The standard InChI is InChI=1S/C19H24N2O3/c1-3-15-13-18(24-20-15)17-5-4-12-21(17)19(22)11-8-14-6-9-16(23-2)10-7-14/h6-7,9-10,13,17H,3-5,8,11-12H2,1-2H3/t17-/m1/s1. The summed E-state index contributed by atoms with van der Waals surface area (Å²) in [5.41, 5.74) is 2.09. The van der Waals surface area contributed by atoms with Gasteiger partial charge in [-0.25, -0.2) is 0 Å². The third-order valence-electron chi connectivity index (χ3n) is 4.63. The fourth-order valence-electron chi connectivity index (χ4n) is 3.20. The van der Waals surface area contributed by atoms with Gasteiger partial charge in [-0.3, -0.25) is 4.79 Å². The summed E-state index contributed by atoms with van der Waals surface area (Å²) >= 11 is 0.